The Morgan fingerprint density at radius 3 is 2.27 bits per heavy atom. The fourth-order valence-corrected chi connectivity index (χ4v) is 6.83. The first kappa shape index (κ1) is 13.3. The minimum Gasteiger partial charge on any atom is -0.417 e. The summed E-state index contributed by atoms with van der Waals surface area (Å²) in [6.45, 7) is 0.940. The summed E-state index contributed by atoms with van der Waals surface area (Å²) in [5, 5.41) is 0. The van der Waals surface area contributed by atoms with Crippen LogP contribution in [0.15, 0.2) is 0 Å². The summed E-state index contributed by atoms with van der Waals surface area (Å²) in [6, 6.07) is 3.21. The molecule has 1 aliphatic heterocycles. The SMILES string of the molecule is CO[Si](CC[Si]1CCCCO1)(OC)OC. The van der Waals surface area contributed by atoms with Gasteiger partial charge in [0, 0.05) is 34.0 Å². The molecule has 0 aromatic carbocycles. The fourth-order valence-electron chi connectivity index (χ4n) is 1.76. The van der Waals surface area contributed by atoms with Crippen molar-refractivity contribution in [3.8, 4) is 0 Å². The van der Waals surface area contributed by atoms with Gasteiger partial charge in [-0.05, 0) is 18.5 Å². The topological polar surface area (TPSA) is 36.9 Å². The largest absolute Gasteiger partial charge is 0.499 e. The summed E-state index contributed by atoms with van der Waals surface area (Å²) in [7, 11) is 2.02. The molecule has 0 spiro atoms. The molecule has 1 aliphatic rings. The third-order valence-corrected chi connectivity index (χ3v) is 8.36. The Hall–Kier alpha value is 0.274. The number of rotatable bonds is 6. The van der Waals surface area contributed by atoms with Gasteiger partial charge in [0.1, 0.15) is 0 Å². The molecule has 0 aliphatic carbocycles. The molecular formula is C9H21O4Si2. The Kier molecular flexibility index (Phi) is 6.02. The van der Waals surface area contributed by atoms with E-state index in [4.69, 9.17) is 17.7 Å². The van der Waals surface area contributed by atoms with Gasteiger partial charge in [0.2, 0.25) is 9.04 Å². The van der Waals surface area contributed by atoms with Gasteiger partial charge >= 0.3 is 8.80 Å². The monoisotopic (exact) mass is 249 g/mol. The number of hydrogen-bond donors (Lipinski definition) is 0. The molecule has 1 heterocycles. The van der Waals surface area contributed by atoms with Crippen LogP contribution in [0.5, 0.6) is 0 Å². The molecule has 0 aromatic rings. The first-order valence-corrected chi connectivity index (χ1v) is 9.14. The molecule has 0 saturated carbocycles. The van der Waals surface area contributed by atoms with Crippen LogP contribution in [0.2, 0.25) is 18.1 Å². The second-order valence-electron chi connectivity index (χ2n) is 3.64. The van der Waals surface area contributed by atoms with Crippen LogP contribution < -0.4 is 0 Å². The van der Waals surface area contributed by atoms with E-state index >= 15 is 0 Å². The normalized spacial score (nSPS) is 19.4. The molecule has 1 rings (SSSR count). The molecule has 89 valence electrons. The lowest BCUT2D eigenvalue weighted by atomic mass is 10.4. The van der Waals surface area contributed by atoms with E-state index < -0.39 is 17.8 Å². The molecule has 0 aromatic heterocycles. The van der Waals surface area contributed by atoms with E-state index in [1.165, 1.54) is 18.9 Å². The third-order valence-electron chi connectivity index (χ3n) is 2.80. The maximum absolute atomic E-state index is 5.76. The second-order valence-corrected chi connectivity index (χ2v) is 9.10. The van der Waals surface area contributed by atoms with Gasteiger partial charge in [-0.1, -0.05) is 6.42 Å². The third kappa shape index (κ3) is 3.97. The minimum atomic E-state index is -2.36. The minimum absolute atomic E-state index is 0.616. The summed E-state index contributed by atoms with van der Waals surface area (Å²) < 4.78 is 21.9. The molecule has 0 unspecified atom stereocenters. The highest BCUT2D eigenvalue weighted by atomic mass is 28.4. The lowest BCUT2D eigenvalue weighted by Gasteiger charge is -2.27. The van der Waals surface area contributed by atoms with Crippen molar-refractivity contribution in [3.63, 3.8) is 0 Å². The van der Waals surface area contributed by atoms with Crippen LogP contribution in [0.1, 0.15) is 12.8 Å². The number of hydrogen-bond acceptors (Lipinski definition) is 4. The Labute approximate surface area is 95.0 Å². The van der Waals surface area contributed by atoms with Crippen molar-refractivity contribution in [3.05, 3.63) is 0 Å². The Morgan fingerprint density at radius 2 is 1.80 bits per heavy atom. The first-order chi connectivity index (χ1) is 7.26. The standard InChI is InChI=1S/C9H21O4Si2/c1-10-15(11-2,12-3)9-8-14-7-5-4-6-13-14/h4-9H2,1-3H3. The van der Waals surface area contributed by atoms with Crippen molar-refractivity contribution >= 4 is 17.8 Å². The van der Waals surface area contributed by atoms with E-state index in [0.29, 0.717) is 0 Å². The Bertz CT molecular complexity index is 161. The summed E-state index contributed by atoms with van der Waals surface area (Å²) >= 11 is 0. The predicted octanol–water partition coefficient (Wildman–Crippen LogP) is 1.67. The van der Waals surface area contributed by atoms with Gasteiger partial charge in [-0.25, -0.2) is 0 Å². The smallest absolute Gasteiger partial charge is 0.417 e. The maximum Gasteiger partial charge on any atom is 0.499 e. The molecule has 0 bridgehead atoms. The van der Waals surface area contributed by atoms with Crippen molar-refractivity contribution in [1.82, 2.24) is 0 Å². The van der Waals surface area contributed by atoms with Gasteiger partial charge in [0.25, 0.3) is 0 Å². The molecular weight excluding hydrogens is 228 g/mol. The van der Waals surface area contributed by atoms with E-state index in [0.717, 1.165) is 18.7 Å². The summed E-state index contributed by atoms with van der Waals surface area (Å²) in [6.07, 6.45) is 2.53. The highest BCUT2D eigenvalue weighted by molar-refractivity contribution is 6.63. The first-order valence-electron chi connectivity index (χ1n) is 5.39. The molecule has 6 heteroatoms. The van der Waals surface area contributed by atoms with Crippen LogP contribution in [-0.2, 0) is 17.7 Å². The second kappa shape index (κ2) is 6.77. The van der Waals surface area contributed by atoms with Gasteiger partial charge in [-0.3, -0.25) is 0 Å². The Morgan fingerprint density at radius 1 is 1.13 bits per heavy atom. The molecule has 1 fully saturated rings. The molecule has 1 radical (unpaired) electrons. The summed E-state index contributed by atoms with van der Waals surface area (Å²) in [4.78, 5) is 0. The lowest BCUT2D eigenvalue weighted by Crippen LogP contribution is -2.43. The van der Waals surface area contributed by atoms with Crippen LogP contribution in [0.25, 0.3) is 0 Å². The summed E-state index contributed by atoms with van der Waals surface area (Å²) in [5.41, 5.74) is 0. The van der Waals surface area contributed by atoms with Crippen LogP contribution >= 0.6 is 0 Å². The molecule has 0 N–H and O–H groups in total. The summed E-state index contributed by atoms with van der Waals surface area (Å²) in [5.74, 6) is 0. The van der Waals surface area contributed by atoms with E-state index in [9.17, 15) is 0 Å². The quantitative estimate of drug-likeness (QED) is 0.671. The van der Waals surface area contributed by atoms with Crippen molar-refractivity contribution in [2.75, 3.05) is 27.9 Å². The molecule has 0 amide bonds. The van der Waals surface area contributed by atoms with Crippen LogP contribution in [0.3, 0.4) is 0 Å². The van der Waals surface area contributed by atoms with Crippen LogP contribution in [0.4, 0.5) is 0 Å². The van der Waals surface area contributed by atoms with Crippen molar-refractivity contribution in [1.29, 1.82) is 0 Å². The highest BCUT2D eigenvalue weighted by Crippen LogP contribution is 2.21. The zero-order chi connectivity index (χ0) is 11.1. The molecule has 4 nitrogen and oxygen atoms in total. The molecule has 0 atom stereocenters. The van der Waals surface area contributed by atoms with Crippen LogP contribution in [-0.4, -0.2) is 45.8 Å². The van der Waals surface area contributed by atoms with Crippen molar-refractivity contribution in [2.45, 2.75) is 31.0 Å². The highest BCUT2D eigenvalue weighted by Gasteiger charge is 2.38. The zero-order valence-electron chi connectivity index (χ0n) is 9.88. The van der Waals surface area contributed by atoms with Gasteiger partial charge in [0.05, 0.1) is 0 Å². The van der Waals surface area contributed by atoms with E-state index in [1.54, 1.807) is 21.3 Å². The van der Waals surface area contributed by atoms with E-state index in [2.05, 4.69) is 0 Å². The van der Waals surface area contributed by atoms with E-state index in [-0.39, 0.29) is 0 Å². The average Bonchev–Trinajstić information content (AvgIpc) is 2.33. The predicted molar refractivity (Wildman–Crippen MR) is 62.1 cm³/mol. The van der Waals surface area contributed by atoms with E-state index in [1.807, 2.05) is 0 Å². The molecule has 15 heavy (non-hydrogen) atoms. The van der Waals surface area contributed by atoms with Gasteiger partial charge in [-0.2, -0.15) is 0 Å². The lowest BCUT2D eigenvalue weighted by molar-refractivity contribution is 0.124. The molecule has 1 saturated heterocycles. The average molecular weight is 249 g/mol. The van der Waals surface area contributed by atoms with Gasteiger partial charge in [0.15, 0.2) is 0 Å². The maximum atomic E-state index is 5.76. The zero-order valence-corrected chi connectivity index (χ0v) is 11.9. The van der Waals surface area contributed by atoms with Crippen molar-refractivity contribution < 1.29 is 17.7 Å². The fraction of sp³-hybridized carbons (Fsp3) is 1.00. The Balaban J connectivity index is 2.31. The van der Waals surface area contributed by atoms with Gasteiger partial charge in [-0.15, -0.1) is 0 Å². The van der Waals surface area contributed by atoms with Crippen molar-refractivity contribution in [2.24, 2.45) is 0 Å². The van der Waals surface area contributed by atoms with Crippen LogP contribution in [0, 0.1) is 0 Å². The van der Waals surface area contributed by atoms with Gasteiger partial charge < -0.3 is 17.7 Å².